The number of aromatic nitrogens is 2. The molecule has 1 aromatic carbocycles. The third kappa shape index (κ3) is 5.27. The molecule has 0 unspecified atom stereocenters. The summed E-state index contributed by atoms with van der Waals surface area (Å²) >= 11 is 0. The Morgan fingerprint density at radius 2 is 1.84 bits per heavy atom. The number of anilines is 1. The van der Waals surface area contributed by atoms with Gasteiger partial charge < -0.3 is 19.3 Å². The van der Waals surface area contributed by atoms with Crippen LogP contribution in [0.5, 0.6) is 11.5 Å². The molecule has 2 aromatic rings. The lowest BCUT2D eigenvalue weighted by molar-refractivity contribution is -0.132. The maximum Gasteiger partial charge on any atom is 0.222 e. The summed E-state index contributed by atoms with van der Waals surface area (Å²) in [5.74, 6) is 3.58. The molecule has 2 aliphatic heterocycles. The van der Waals surface area contributed by atoms with Crippen LogP contribution in [0.4, 0.5) is 5.82 Å². The first-order valence-electron chi connectivity index (χ1n) is 11.2. The van der Waals surface area contributed by atoms with Crippen LogP contribution in [0.15, 0.2) is 24.3 Å². The molecule has 0 saturated carbocycles. The summed E-state index contributed by atoms with van der Waals surface area (Å²) in [6, 6.07) is 8.31. The number of hydrogen-bond acceptors (Lipinski definition) is 6. The van der Waals surface area contributed by atoms with Crippen LogP contribution in [0.3, 0.4) is 0 Å². The number of amides is 1. The molecule has 0 aliphatic carbocycles. The molecular formula is C24H32N4O3. The van der Waals surface area contributed by atoms with Gasteiger partial charge in [-0.3, -0.25) is 4.79 Å². The third-order valence-corrected chi connectivity index (χ3v) is 6.12. The lowest BCUT2D eigenvalue weighted by atomic mass is 10.0. The number of fused-ring (bicyclic) bond motifs is 1. The Labute approximate surface area is 184 Å². The molecule has 0 N–H and O–H groups in total. The molecule has 4 rings (SSSR count). The van der Waals surface area contributed by atoms with Crippen molar-refractivity contribution in [2.75, 3.05) is 38.3 Å². The van der Waals surface area contributed by atoms with Crippen molar-refractivity contribution in [2.45, 2.75) is 52.0 Å². The van der Waals surface area contributed by atoms with E-state index in [4.69, 9.17) is 9.47 Å². The highest BCUT2D eigenvalue weighted by atomic mass is 16.5. The fourth-order valence-corrected chi connectivity index (χ4v) is 4.34. The molecule has 0 atom stereocenters. The Balaban J connectivity index is 1.28. The number of nitrogens with zero attached hydrogens (tertiary/aromatic N) is 4. The Morgan fingerprint density at radius 1 is 1.10 bits per heavy atom. The lowest BCUT2D eigenvalue weighted by Gasteiger charge is -2.37. The minimum absolute atomic E-state index is 0.194. The molecule has 0 bridgehead atoms. The van der Waals surface area contributed by atoms with Gasteiger partial charge in [-0.1, -0.05) is 6.07 Å². The summed E-state index contributed by atoms with van der Waals surface area (Å²) < 4.78 is 11.5. The number of ether oxygens (including phenoxy) is 2. The van der Waals surface area contributed by atoms with Gasteiger partial charge in [0.15, 0.2) is 11.5 Å². The number of hydrogen-bond donors (Lipinski definition) is 0. The van der Waals surface area contributed by atoms with Crippen molar-refractivity contribution in [2.24, 2.45) is 0 Å². The Kier molecular flexibility index (Phi) is 6.59. The molecule has 0 spiro atoms. The first-order chi connectivity index (χ1) is 15.0. The molecule has 1 aromatic heterocycles. The van der Waals surface area contributed by atoms with Crippen LogP contribution in [0.2, 0.25) is 0 Å². The monoisotopic (exact) mass is 424 g/mol. The second-order valence-corrected chi connectivity index (χ2v) is 8.47. The van der Waals surface area contributed by atoms with E-state index in [1.54, 1.807) is 0 Å². The van der Waals surface area contributed by atoms with Gasteiger partial charge in [-0.15, -0.1) is 0 Å². The quantitative estimate of drug-likeness (QED) is 0.734. The molecular weight excluding hydrogens is 392 g/mol. The van der Waals surface area contributed by atoms with Gasteiger partial charge in [0.2, 0.25) is 5.91 Å². The van der Waals surface area contributed by atoms with E-state index in [-0.39, 0.29) is 11.9 Å². The van der Waals surface area contributed by atoms with Crippen LogP contribution in [-0.2, 0) is 11.2 Å². The summed E-state index contributed by atoms with van der Waals surface area (Å²) in [5.41, 5.74) is 2.10. The van der Waals surface area contributed by atoms with E-state index in [1.807, 2.05) is 50.1 Å². The maximum absolute atomic E-state index is 12.8. The molecule has 1 fully saturated rings. The summed E-state index contributed by atoms with van der Waals surface area (Å²) in [4.78, 5) is 26.0. The normalized spacial score (nSPS) is 16.7. The van der Waals surface area contributed by atoms with Gasteiger partial charge in [-0.2, -0.15) is 0 Å². The van der Waals surface area contributed by atoms with E-state index >= 15 is 0 Å². The highest BCUT2D eigenvalue weighted by Crippen LogP contribution is 2.31. The van der Waals surface area contributed by atoms with Crippen LogP contribution >= 0.6 is 0 Å². The number of rotatable bonds is 5. The van der Waals surface area contributed by atoms with E-state index in [0.717, 1.165) is 66.8 Å². The van der Waals surface area contributed by atoms with Gasteiger partial charge in [0.25, 0.3) is 0 Å². The van der Waals surface area contributed by atoms with Crippen molar-refractivity contribution in [3.8, 4) is 11.5 Å². The van der Waals surface area contributed by atoms with Gasteiger partial charge >= 0.3 is 0 Å². The molecule has 1 saturated heterocycles. The van der Waals surface area contributed by atoms with E-state index in [2.05, 4.69) is 14.9 Å². The average molecular weight is 425 g/mol. The summed E-state index contributed by atoms with van der Waals surface area (Å²) in [6.07, 6.45) is 4.00. The minimum Gasteiger partial charge on any atom is -0.490 e. The van der Waals surface area contributed by atoms with Crippen molar-refractivity contribution in [1.29, 1.82) is 0 Å². The van der Waals surface area contributed by atoms with Crippen LogP contribution in [-0.4, -0.2) is 60.2 Å². The smallest absolute Gasteiger partial charge is 0.222 e. The second-order valence-electron chi connectivity index (χ2n) is 8.47. The summed E-state index contributed by atoms with van der Waals surface area (Å²) in [6.45, 7) is 7.09. The molecule has 166 valence electrons. The zero-order valence-electron chi connectivity index (χ0n) is 18.8. The number of carbonyl (C=O) groups is 1. The summed E-state index contributed by atoms with van der Waals surface area (Å²) in [7, 11) is 1.94. The predicted octanol–water partition coefficient (Wildman–Crippen LogP) is 3.31. The first kappa shape index (κ1) is 21.4. The summed E-state index contributed by atoms with van der Waals surface area (Å²) in [5, 5.41) is 0. The molecule has 0 radical (unpaired) electrons. The highest BCUT2D eigenvalue weighted by molar-refractivity contribution is 5.76. The molecule has 3 heterocycles. The molecule has 7 heteroatoms. The van der Waals surface area contributed by atoms with Gasteiger partial charge in [0.1, 0.15) is 11.6 Å². The Bertz CT molecular complexity index is 905. The van der Waals surface area contributed by atoms with Crippen molar-refractivity contribution < 1.29 is 14.3 Å². The van der Waals surface area contributed by atoms with Gasteiger partial charge in [-0.25, -0.2) is 9.97 Å². The Hall–Kier alpha value is -2.83. The highest BCUT2D eigenvalue weighted by Gasteiger charge is 2.26. The second kappa shape index (κ2) is 9.54. The van der Waals surface area contributed by atoms with Crippen molar-refractivity contribution in [3.05, 3.63) is 41.3 Å². The molecule has 2 aliphatic rings. The number of carbonyl (C=O) groups excluding carboxylic acids is 1. The van der Waals surface area contributed by atoms with Crippen LogP contribution in [0.1, 0.15) is 42.8 Å². The van der Waals surface area contributed by atoms with Crippen molar-refractivity contribution in [1.82, 2.24) is 14.9 Å². The standard InChI is InChI=1S/C24H32N4O3/c1-17-15-23(26-18(2)25-17)28-11-9-20(10-12-28)27(3)24(29)8-6-19-5-7-21-22(16-19)31-14-4-13-30-21/h5,7,15-16,20H,4,6,8-14H2,1-3H3. The SMILES string of the molecule is Cc1cc(N2CCC(N(C)C(=O)CCc3ccc4c(c3)OCCCO4)CC2)nc(C)n1. The van der Waals surface area contributed by atoms with Gasteiger partial charge in [-0.05, 0) is 50.8 Å². The fourth-order valence-electron chi connectivity index (χ4n) is 4.34. The van der Waals surface area contributed by atoms with Crippen LogP contribution in [0.25, 0.3) is 0 Å². The van der Waals surface area contributed by atoms with Crippen LogP contribution < -0.4 is 14.4 Å². The third-order valence-electron chi connectivity index (χ3n) is 6.12. The fraction of sp³-hybridized carbons (Fsp3) is 0.542. The van der Waals surface area contributed by atoms with E-state index in [1.165, 1.54) is 0 Å². The van der Waals surface area contributed by atoms with E-state index in [0.29, 0.717) is 26.1 Å². The average Bonchev–Trinajstić information content (AvgIpc) is 3.01. The van der Waals surface area contributed by atoms with Crippen molar-refractivity contribution >= 4 is 11.7 Å². The topological polar surface area (TPSA) is 67.8 Å². The number of aryl methyl sites for hydroxylation is 3. The zero-order chi connectivity index (χ0) is 21.8. The van der Waals surface area contributed by atoms with Gasteiger partial charge in [0.05, 0.1) is 13.2 Å². The van der Waals surface area contributed by atoms with E-state index in [9.17, 15) is 4.79 Å². The first-order valence-corrected chi connectivity index (χ1v) is 11.2. The maximum atomic E-state index is 12.8. The molecule has 7 nitrogen and oxygen atoms in total. The Morgan fingerprint density at radius 3 is 2.58 bits per heavy atom. The molecule has 31 heavy (non-hydrogen) atoms. The zero-order valence-corrected chi connectivity index (χ0v) is 18.8. The van der Waals surface area contributed by atoms with Crippen molar-refractivity contribution in [3.63, 3.8) is 0 Å². The van der Waals surface area contributed by atoms with Crippen LogP contribution in [0, 0.1) is 13.8 Å². The largest absolute Gasteiger partial charge is 0.490 e. The van der Waals surface area contributed by atoms with E-state index < -0.39 is 0 Å². The van der Waals surface area contributed by atoms with Gasteiger partial charge in [0, 0.05) is 50.8 Å². The molecule has 1 amide bonds. The number of piperidine rings is 1. The lowest BCUT2D eigenvalue weighted by Crippen LogP contribution is -2.46. The number of benzene rings is 1. The minimum atomic E-state index is 0.194. The predicted molar refractivity (Wildman–Crippen MR) is 120 cm³/mol.